The zero-order valence-corrected chi connectivity index (χ0v) is 20.2. The molecule has 7 heterocycles. The Morgan fingerprint density at radius 3 is 2.65 bits per heavy atom. The van der Waals surface area contributed by atoms with Gasteiger partial charge in [0.25, 0.3) is 0 Å². The third kappa shape index (κ3) is 4.13. The summed E-state index contributed by atoms with van der Waals surface area (Å²) in [5.74, 6) is 0.667. The Morgan fingerprint density at radius 2 is 1.76 bits per heavy atom. The van der Waals surface area contributed by atoms with Gasteiger partial charge in [-0.25, -0.2) is 4.98 Å². The number of pyridine rings is 4. The number of imidazole rings is 1. The minimum atomic E-state index is 0.667. The van der Waals surface area contributed by atoms with Crippen molar-refractivity contribution in [2.75, 3.05) is 13.1 Å². The topological polar surface area (TPSA) is 112 Å². The van der Waals surface area contributed by atoms with Crippen LogP contribution in [0.2, 0.25) is 0 Å². The van der Waals surface area contributed by atoms with E-state index in [9.17, 15) is 0 Å². The van der Waals surface area contributed by atoms with E-state index in [4.69, 9.17) is 9.97 Å². The van der Waals surface area contributed by atoms with Crippen LogP contribution < -0.4 is 0 Å². The number of nitrogens with zero attached hydrogens (tertiary/aromatic N) is 7. The molecule has 0 spiro atoms. The van der Waals surface area contributed by atoms with Gasteiger partial charge in [-0.05, 0) is 61.8 Å². The van der Waals surface area contributed by atoms with Gasteiger partial charge in [-0.2, -0.15) is 5.10 Å². The lowest BCUT2D eigenvalue weighted by Gasteiger charge is -2.26. The van der Waals surface area contributed by atoms with E-state index in [1.54, 1.807) is 12.4 Å². The predicted octanol–water partition coefficient (Wildman–Crippen LogP) is 5.01. The van der Waals surface area contributed by atoms with Crippen molar-refractivity contribution >= 4 is 21.9 Å². The first kappa shape index (κ1) is 21.8. The van der Waals surface area contributed by atoms with E-state index in [0.717, 1.165) is 69.9 Å². The molecule has 1 saturated heterocycles. The van der Waals surface area contributed by atoms with Crippen LogP contribution in [0.15, 0.2) is 67.4 Å². The van der Waals surface area contributed by atoms with Crippen LogP contribution in [0.25, 0.3) is 56.1 Å². The number of piperidine rings is 1. The van der Waals surface area contributed by atoms with E-state index in [1.807, 2.05) is 42.9 Å². The highest BCUT2D eigenvalue weighted by atomic mass is 15.1. The lowest BCUT2D eigenvalue weighted by atomic mass is 10.1. The van der Waals surface area contributed by atoms with E-state index < -0.39 is 0 Å². The molecule has 0 radical (unpaired) electrons. The maximum atomic E-state index is 4.88. The summed E-state index contributed by atoms with van der Waals surface area (Å²) < 4.78 is 0. The molecule has 0 unspecified atom stereocenters. The molecule has 0 atom stereocenters. The molecule has 2 N–H and O–H groups in total. The minimum absolute atomic E-state index is 0.667. The van der Waals surface area contributed by atoms with E-state index in [1.165, 1.54) is 24.8 Å². The molecule has 0 saturated carbocycles. The van der Waals surface area contributed by atoms with Crippen molar-refractivity contribution in [2.24, 2.45) is 0 Å². The molecule has 9 nitrogen and oxygen atoms in total. The summed E-state index contributed by atoms with van der Waals surface area (Å²) in [5.41, 5.74) is 7.80. The molecule has 0 bridgehead atoms. The van der Waals surface area contributed by atoms with E-state index in [0.29, 0.717) is 5.82 Å². The molecule has 7 rings (SSSR count). The van der Waals surface area contributed by atoms with Crippen LogP contribution in [0, 0.1) is 0 Å². The van der Waals surface area contributed by atoms with Crippen LogP contribution >= 0.6 is 0 Å². The number of aromatic amines is 2. The van der Waals surface area contributed by atoms with Gasteiger partial charge < -0.3 is 4.98 Å². The molecule has 37 heavy (non-hydrogen) atoms. The van der Waals surface area contributed by atoms with Crippen LogP contribution in [0.1, 0.15) is 24.8 Å². The zero-order chi connectivity index (χ0) is 24.6. The number of hydrogen-bond donors (Lipinski definition) is 2. The number of hydrogen-bond acceptors (Lipinski definition) is 7. The van der Waals surface area contributed by atoms with Gasteiger partial charge in [-0.1, -0.05) is 12.5 Å². The quantitative estimate of drug-likeness (QED) is 0.352. The first-order chi connectivity index (χ1) is 18.3. The van der Waals surface area contributed by atoms with Crippen molar-refractivity contribution in [2.45, 2.75) is 25.8 Å². The van der Waals surface area contributed by atoms with E-state index in [-0.39, 0.29) is 0 Å². The fourth-order valence-corrected chi connectivity index (χ4v) is 5.08. The van der Waals surface area contributed by atoms with Crippen molar-refractivity contribution in [3.05, 3.63) is 72.9 Å². The third-order valence-electron chi connectivity index (χ3n) is 6.93. The Bertz CT molecular complexity index is 1700. The average Bonchev–Trinajstić information content (AvgIpc) is 3.58. The lowest BCUT2D eigenvalue weighted by Crippen LogP contribution is -2.29. The summed E-state index contributed by atoms with van der Waals surface area (Å²) in [7, 11) is 0. The second kappa shape index (κ2) is 9.18. The average molecular weight is 488 g/mol. The summed E-state index contributed by atoms with van der Waals surface area (Å²) in [6.45, 7) is 3.23. The van der Waals surface area contributed by atoms with Crippen molar-refractivity contribution in [3.63, 3.8) is 0 Å². The summed E-state index contributed by atoms with van der Waals surface area (Å²) in [6, 6.07) is 11.9. The maximum Gasteiger partial charge on any atom is 0.159 e. The number of H-pyrrole nitrogens is 2. The smallest absolute Gasteiger partial charge is 0.159 e. The van der Waals surface area contributed by atoms with Crippen LogP contribution in [0.3, 0.4) is 0 Å². The summed E-state index contributed by atoms with van der Waals surface area (Å²) in [4.78, 5) is 29.0. The highest BCUT2D eigenvalue weighted by Gasteiger charge is 2.17. The lowest BCUT2D eigenvalue weighted by molar-refractivity contribution is 0.220. The standard InChI is InChI=1S/C28H25N9/c1-4-10-37(11-5-1)17-18-12-19(15-29-14-18)23-13-20-24(16-32-23)35-36-25(20)28-33-22-7-9-31-26(27(22)34-28)21-6-2-3-8-30-21/h2-3,6-9,12-16H,1,4-5,10-11,17H2,(H,33,34)(H,35,36). The molecule has 9 heteroatoms. The number of nitrogens with one attached hydrogen (secondary N) is 2. The molecule has 0 amide bonds. The molecule has 1 aliphatic rings. The van der Waals surface area contributed by atoms with Crippen molar-refractivity contribution in [1.29, 1.82) is 0 Å². The van der Waals surface area contributed by atoms with E-state index in [2.05, 4.69) is 47.2 Å². The van der Waals surface area contributed by atoms with Crippen LogP contribution in [-0.4, -0.2) is 58.1 Å². The number of fused-ring (bicyclic) bond motifs is 2. The Morgan fingerprint density at radius 1 is 0.811 bits per heavy atom. The fourth-order valence-electron chi connectivity index (χ4n) is 5.08. The Kier molecular flexibility index (Phi) is 5.40. The van der Waals surface area contributed by atoms with E-state index >= 15 is 0 Å². The van der Waals surface area contributed by atoms with Gasteiger partial charge in [0, 0.05) is 42.3 Å². The third-order valence-corrected chi connectivity index (χ3v) is 6.93. The van der Waals surface area contributed by atoms with Gasteiger partial charge in [0.05, 0.1) is 28.6 Å². The molecular weight excluding hydrogens is 462 g/mol. The van der Waals surface area contributed by atoms with Crippen LogP contribution in [0.4, 0.5) is 0 Å². The van der Waals surface area contributed by atoms with Crippen molar-refractivity contribution in [1.82, 2.24) is 45.0 Å². The summed E-state index contributed by atoms with van der Waals surface area (Å²) in [5, 5.41) is 8.62. The second-order valence-corrected chi connectivity index (χ2v) is 9.46. The van der Waals surface area contributed by atoms with Crippen molar-refractivity contribution in [3.8, 4) is 34.2 Å². The molecule has 0 aromatic carbocycles. The van der Waals surface area contributed by atoms with Gasteiger partial charge in [-0.3, -0.25) is 29.9 Å². The summed E-state index contributed by atoms with van der Waals surface area (Å²) in [6.07, 6.45) is 13.1. The van der Waals surface area contributed by atoms with Gasteiger partial charge in [0.1, 0.15) is 16.9 Å². The summed E-state index contributed by atoms with van der Waals surface area (Å²) >= 11 is 0. The van der Waals surface area contributed by atoms with Crippen LogP contribution in [-0.2, 0) is 6.54 Å². The first-order valence-electron chi connectivity index (χ1n) is 12.6. The minimum Gasteiger partial charge on any atom is -0.336 e. The zero-order valence-electron chi connectivity index (χ0n) is 20.2. The SMILES string of the molecule is c1ccc(-c2nccc3[nH]c(-c4n[nH]c5cnc(-c6cncc(CN7CCCCC7)c6)cc45)nc23)nc1. The Hall–Kier alpha value is -4.50. The van der Waals surface area contributed by atoms with Gasteiger partial charge in [0.15, 0.2) is 5.82 Å². The molecule has 6 aromatic rings. The maximum absolute atomic E-state index is 4.88. The monoisotopic (exact) mass is 487 g/mol. The highest BCUT2D eigenvalue weighted by Crippen LogP contribution is 2.31. The highest BCUT2D eigenvalue weighted by molar-refractivity contribution is 5.96. The molecule has 6 aromatic heterocycles. The van der Waals surface area contributed by atoms with Gasteiger partial charge in [-0.15, -0.1) is 0 Å². The molecular formula is C28H25N9. The molecule has 1 fully saturated rings. The first-order valence-corrected chi connectivity index (χ1v) is 12.6. The Balaban J connectivity index is 1.26. The number of likely N-dealkylation sites (tertiary alicyclic amines) is 1. The van der Waals surface area contributed by atoms with Gasteiger partial charge >= 0.3 is 0 Å². The molecule has 182 valence electrons. The predicted molar refractivity (Wildman–Crippen MR) is 142 cm³/mol. The second-order valence-electron chi connectivity index (χ2n) is 9.46. The van der Waals surface area contributed by atoms with Crippen LogP contribution in [0.5, 0.6) is 0 Å². The Labute approximate surface area is 213 Å². The molecule has 1 aliphatic heterocycles. The number of rotatable bonds is 5. The van der Waals surface area contributed by atoms with Gasteiger partial charge in [0.2, 0.25) is 0 Å². The normalized spacial score (nSPS) is 14.5. The van der Waals surface area contributed by atoms with Crippen molar-refractivity contribution < 1.29 is 0 Å². The largest absolute Gasteiger partial charge is 0.336 e. The molecule has 0 aliphatic carbocycles. The number of aromatic nitrogens is 8. The fraction of sp³-hybridized carbons (Fsp3) is 0.214.